The fourth-order valence-corrected chi connectivity index (χ4v) is 4.89. The maximum absolute atomic E-state index is 12.9. The van der Waals surface area contributed by atoms with Gasteiger partial charge < -0.3 is 14.6 Å². The Bertz CT molecular complexity index is 1110. The molecule has 1 aromatic carbocycles. The number of benzene rings is 1. The zero-order valence-corrected chi connectivity index (χ0v) is 18.4. The maximum Gasteiger partial charge on any atom is 0.343 e. The van der Waals surface area contributed by atoms with Gasteiger partial charge >= 0.3 is 11.9 Å². The Kier molecular flexibility index (Phi) is 5.51. The lowest BCUT2D eigenvalue weighted by molar-refractivity contribution is -0.156. The molecule has 0 saturated heterocycles. The van der Waals surface area contributed by atoms with Crippen LogP contribution in [0.4, 0.5) is 0 Å². The molecule has 0 radical (unpaired) electrons. The molecule has 3 aliphatic carbocycles. The van der Waals surface area contributed by atoms with Gasteiger partial charge in [0.05, 0.1) is 11.7 Å². The van der Waals surface area contributed by atoms with Gasteiger partial charge in [0.25, 0.3) is 0 Å². The molecule has 0 bridgehead atoms. The topological polar surface area (TPSA) is 89.9 Å². The van der Waals surface area contributed by atoms with Crippen molar-refractivity contribution in [2.24, 2.45) is 11.3 Å². The third-order valence-corrected chi connectivity index (χ3v) is 6.67. The Morgan fingerprint density at radius 1 is 1.22 bits per heavy atom. The van der Waals surface area contributed by atoms with E-state index in [2.05, 4.69) is 6.58 Å². The molecule has 4 atom stereocenters. The molecule has 1 saturated carbocycles. The number of fused-ring (bicyclic) bond motifs is 2. The fourth-order valence-electron chi connectivity index (χ4n) is 4.89. The molecule has 0 amide bonds. The Labute approximate surface area is 186 Å². The van der Waals surface area contributed by atoms with Crippen LogP contribution in [0.3, 0.4) is 0 Å². The lowest BCUT2D eigenvalue weighted by Gasteiger charge is -2.46. The Balaban J connectivity index is 1.87. The number of Topliss-reactive ketones (excluding diaryl/α,β-unsaturated/α-hetero) is 1. The molecule has 1 aromatic rings. The first-order valence-electron chi connectivity index (χ1n) is 10.6. The van der Waals surface area contributed by atoms with E-state index in [1.807, 2.05) is 13.0 Å². The molecule has 1 fully saturated rings. The van der Waals surface area contributed by atoms with E-state index in [9.17, 15) is 19.5 Å². The molecule has 1 N–H and O–H groups in total. The van der Waals surface area contributed by atoms with Gasteiger partial charge in [0.1, 0.15) is 11.9 Å². The summed E-state index contributed by atoms with van der Waals surface area (Å²) in [5, 5.41) is 10.6. The van der Waals surface area contributed by atoms with Crippen molar-refractivity contribution in [3.05, 3.63) is 82.7 Å². The van der Waals surface area contributed by atoms with Crippen LogP contribution < -0.4 is 0 Å². The first kappa shape index (κ1) is 22.0. The number of hydrogen-bond donors (Lipinski definition) is 1. The molecule has 0 spiro atoms. The van der Waals surface area contributed by atoms with Crippen molar-refractivity contribution in [1.29, 1.82) is 0 Å². The van der Waals surface area contributed by atoms with Crippen molar-refractivity contribution in [3.8, 4) is 0 Å². The van der Waals surface area contributed by atoms with E-state index >= 15 is 0 Å². The summed E-state index contributed by atoms with van der Waals surface area (Å²) >= 11 is 0. The molecule has 3 aliphatic rings. The molecular weight excluding hydrogens is 408 g/mol. The predicted molar refractivity (Wildman–Crippen MR) is 117 cm³/mol. The van der Waals surface area contributed by atoms with Crippen LogP contribution in [0, 0.1) is 11.3 Å². The minimum Gasteiger partial charge on any atom is -0.461 e. The highest BCUT2D eigenvalue weighted by Gasteiger charge is 2.51. The van der Waals surface area contributed by atoms with Gasteiger partial charge in [-0.1, -0.05) is 37.8 Å². The minimum absolute atomic E-state index is 0.0463. The van der Waals surface area contributed by atoms with Gasteiger partial charge in [0, 0.05) is 42.2 Å². The monoisotopic (exact) mass is 434 g/mol. The lowest BCUT2D eigenvalue weighted by Crippen LogP contribution is -2.48. The number of esters is 2. The largest absolute Gasteiger partial charge is 0.461 e. The number of carbonyl (C=O) groups excluding carboxylic acids is 3. The molecule has 4 rings (SSSR count). The number of ketones is 1. The first-order chi connectivity index (χ1) is 15.1. The standard InChI is InChI=1S/C26H26O6/c1-14-19-10-18-11-20(28)15(2)24(18)22(32-25(30)17-8-6-5-7-9-17)13-26(19,4)23(12-21(14)29)31-16(3)27/h5-10,13,19,21,23,29H,1,11-12H2,2-4H3/t19-,21+,23+,26+/m1/s1. The molecule has 6 nitrogen and oxygen atoms in total. The van der Waals surface area contributed by atoms with Crippen molar-refractivity contribution in [1.82, 2.24) is 0 Å². The van der Waals surface area contributed by atoms with Gasteiger partial charge in [-0.25, -0.2) is 4.79 Å². The first-order valence-corrected chi connectivity index (χ1v) is 10.6. The quantitative estimate of drug-likeness (QED) is 0.574. The summed E-state index contributed by atoms with van der Waals surface area (Å²) in [6.45, 7) is 9.03. The van der Waals surface area contributed by atoms with Crippen LogP contribution in [0.15, 0.2) is 77.1 Å². The highest BCUT2D eigenvalue weighted by molar-refractivity contribution is 6.04. The zero-order valence-electron chi connectivity index (χ0n) is 18.4. The van der Waals surface area contributed by atoms with Gasteiger partial charge in [0.15, 0.2) is 5.78 Å². The lowest BCUT2D eigenvalue weighted by atomic mass is 9.62. The van der Waals surface area contributed by atoms with E-state index in [0.29, 0.717) is 22.3 Å². The normalized spacial score (nSPS) is 29.4. The smallest absolute Gasteiger partial charge is 0.343 e. The van der Waals surface area contributed by atoms with Crippen LogP contribution in [0.5, 0.6) is 0 Å². The van der Waals surface area contributed by atoms with Crippen molar-refractivity contribution >= 4 is 17.7 Å². The van der Waals surface area contributed by atoms with E-state index in [4.69, 9.17) is 9.47 Å². The van der Waals surface area contributed by atoms with Crippen LogP contribution >= 0.6 is 0 Å². The number of allylic oxidation sites excluding steroid dienone is 3. The van der Waals surface area contributed by atoms with Crippen LogP contribution in [-0.4, -0.2) is 35.0 Å². The number of carbonyl (C=O) groups is 3. The van der Waals surface area contributed by atoms with E-state index in [1.54, 1.807) is 43.3 Å². The second-order valence-corrected chi connectivity index (χ2v) is 8.82. The molecule has 0 aromatic heterocycles. The van der Waals surface area contributed by atoms with Crippen molar-refractivity contribution < 1.29 is 29.0 Å². The molecule has 166 valence electrons. The fraction of sp³-hybridized carbons (Fsp3) is 0.346. The summed E-state index contributed by atoms with van der Waals surface area (Å²) in [6, 6.07) is 8.60. The summed E-state index contributed by atoms with van der Waals surface area (Å²) in [4.78, 5) is 37.3. The average molecular weight is 434 g/mol. The predicted octanol–water partition coefficient (Wildman–Crippen LogP) is 3.83. The molecule has 6 heteroatoms. The minimum atomic E-state index is -0.860. The summed E-state index contributed by atoms with van der Waals surface area (Å²) in [5.41, 5.74) is 1.95. The van der Waals surface area contributed by atoms with Crippen molar-refractivity contribution in [2.45, 2.75) is 45.8 Å². The highest BCUT2D eigenvalue weighted by atomic mass is 16.5. The summed E-state index contributed by atoms with van der Waals surface area (Å²) in [5.74, 6) is -1.20. The third-order valence-electron chi connectivity index (χ3n) is 6.67. The van der Waals surface area contributed by atoms with Gasteiger partial charge in [0.2, 0.25) is 0 Å². The van der Waals surface area contributed by atoms with Crippen molar-refractivity contribution in [3.63, 3.8) is 0 Å². The van der Waals surface area contributed by atoms with E-state index < -0.39 is 35.5 Å². The number of aliphatic hydroxyl groups excluding tert-OH is 1. The molecule has 0 unspecified atom stereocenters. The SMILES string of the molecule is C=C1[C@H]2C=C3CC(=O)C(C)=C3C(OC(=O)c3ccccc3)=C[C@]2(C)[C@@H](OC(C)=O)C[C@@H]1O. The van der Waals surface area contributed by atoms with Gasteiger partial charge in [-0.2, -0.15) is 0 Å². The second kappa shape index (κ2) is 8.02. The number of aliphatic hydroxyl groups is 1. The van der Waals surface area contributed by atoms with E-state index in [-0.39, 0.29) is 24.4 Å². The van der Waals surface area contributed by atoms with Gasteiger partial charge in [-0.3, -0.25) is 9.59 Å². The van der Waals surface area contributed by atoms with Crippen LogP contribution in [0.1, 0.15) is 44.0 Å². The van der Waals surface area contributed by atoms with Crippen LogP contribution in [0.25, 0.3) is 0 Å². The van der Waals surface area contributed by atoms with Crippen molar-refractivity contribution in [2.75, 3.05) is 0 Å². The zero-order chi connectivity index (χ0) is 23.2. The summed E-state index contributed by atoms with van der Waals surface area (Å²) < 4.78 is 11.5. The Morgan fingerprint density at radius 2 is 1.91 bits per heavy atom. The molecule has 32 heavy (non-hydrogen) atoms. The molecule has 0 heterocycles. The summed E-state index contributed by atoms with van der Waals surface area (Å²) in [7, 11) is 0. The third kappa shape index (κ3) is 3.65. The number of rotatable bonds is 3. The van der Waals surface area contributed by atoms with Gasteiger partial charge in [-0.05, 0) is 36.3 Å². The van der Waals surface area contributed by atoms with Gasteiger partial charge in [-0.15, -0.1) is 0 Å². The highest BCUT2D eigenvalue weighted by Crippen LogP contribution is 2.52. The Hall–Kier alpha value is -3.25. The van der Waals surface area contributed by atoms with E-state index in [1.165, 1.54) is 6.92 Å². The average Bonchev–Trinajstić information content (AvgIpc) is 2.95. The molecular formula is C26H26O6. The second-order valence-electron chi connectivity index (χ2n) is 8.82. The number of ether oxygens (including phenoxy) is 2. The Morgan fingerprint density at radius 3 is 2.56 bits per heavy atom. The number of hydrogen-bond acceptors (Lipinski definition) is 6. The van der Waals surface area contributed by atoms with E-state index in [0.717, 1.165) is 5.57 Å². The maximum atomic E-state index is 12.9. The summed E-state index contributed by atoms with van der Waals surface area (Å²) in [6.07, 6.45) is 2.51. The van der Waals surface area contributed by atoms with Crippen LogP contribution in [0.2, 0.25) is 0 Å². The molecule has 0 aliphatic heterocycles. The van der Waals surface area contributed by atoms with Crippen LogP contribution in [-0.2, 0) is 19.1 Å².